The zero-order valence-corrected chi connectivity index (χ0v) is 13.9. The molecule has 2 N–H and O–H groups in total. The summed E-state index contributed by atoms with van der Waals surface area (Å²) in [5.41, 5.74) is 6.48. The predicted molar refractivity (Wildman–Crippen MR) is 88.1 cm³/mol. The van der Waals surface area contributed by atoms with E-state index in [1.807, 2.05) is 17.8 Å². The molecule has 1 fully saturated rings. The molecule has 0 aliphatic carbocycles. The summed E-state index contributed by atoms with van der Waals surface area (Å²) >= 11 is 3.45. The van der Waals surface area contributed by atoms with Gasteiger partial charge in [0.1, 0.15) is 4.88 Å². The van der Waals surface area contributed by atoms with Crippen molar-refractivity contribution in [3.8, 4) is 0 Å². The lowest BCUT2D eigenvalue weighted by atomic mass is 10.1. The van der Waals surface area contributed by atoms with E-state index in [1.165, 1.54) is 11.3 Å². The summed E-state index contributed by atoms with van der Waals surface area (Å²) in [5, 5.41) is 1.07. The lowest BCUT2D eigenvalue weighted by molar-refractivity contribution is 0.0533. The van der Waals surface area contributed by atoms with Gasteiger partial charge in [0.15, 0.2) is 0 Å². The molecule has 1 aromatic heterocycles. The molecule has 6 heteroatoms. The minimum Gasteiger partial charge on any atom is -0.462 e. The Hall–Kier alpha value is -0.880. The van der Waals surface area contributed by atoms with Crippen LogP contribution in [-0.4, -0.2) is 36.2 Å². The van der Waals surface area contributed by atoms with Crippen molar-refractivity contribution < 1.29 is 9.53 Å². The van der Waals surface area contributed by atoms with Crippen molar-refractivity contribution in [2.75, 3.05) is 36.1 Å². The van der Waals surface area contributed by atoms with E-state index in [9.17, 15) is 4.79 Å². The van der Waals surface area contributed by atoms with E-state index >= 15 is 0 Å². The summed E-state index contributed by atoms with van der Waals surface area (Å²) in [6.45, 7) is 8.75. The number of rotatable bonds is 3. The second-order valence-electron chi connectivity index (χ2n) is 5.43. The van der Waals surface area contributed by atoms with Crippen LogP contribution in [0.3, 0.4) is 0 Å². The van der Waals surface area contributed by atoms with Gasteiger partial charge in [-0.25, -0.2) is 4.79 Å². The van der Waals surface area contributed by atoms with Crippen molar-refractivity contribution in [2.24, 2.45) is 0 Å². The van der Waals surface area contributed by atoms with E-state index in [2.05, 4.69) is 18.7 Å². The normalized spacial score (nSPS) is 18.6. The Morgan fingerprint density at radius 2 is 2.25 bits per heavy atom. The molecule has 1 aliphatic rings. The van der Waals surface area contributed by atoms with Gasteiger partial charge >= 0.3 is 5.97 Å². The van der Waals surface area contributed by atoms with Crippen LogP contribution in [0.5, 0.6) is 0 Å². The van der Waals surface area contributed by atoms with Crippen molar-refractivity contribution in [2.45, 2.75) is 31.9 Å². The second-order valence-corrected chi connectivity index (χ2v) is 8.27. The largest absolute Gasteiger partial charge is 0.462 e. The maximum atomic E-state index is 11.8. The molecule has 0 radical (unpaired) electrons. The fraction of sp³-hybridized carbons (Fsp3) is 0.643. The van der Waals surface area contributed by atoms with Gasteiger partial charge in [-0.05, 0) is 19.4 Å². The van der Waals surface area contributed by atoms with Crippen molar-refractivity contribution in [1.82, 2.24) is 0 Å². The molecule has 20 heavy (non-hydrogen) atoms. The first kappa shape index (κ1) is 15.5. The smallest absolute Gasteiger partial charge is 0.350 e. The first-order chi connectivity index (χ1) is 9.43. The Morgan fingerprint density at radius 1 is 1.50 bits per heavy atom. The second kappa shape index (κ2) is 6.26. The van der Waals surface area contributed by atoms with Crippen LogP contribution in [0.25, 0.3) is 0 Å². The van der Waals surface area contributed by atoms with E-state index in [4.69, 9.17) is 10.5 Å². The highest BCUT2D eigenvalue weighted by Gasteiger charge is 2.25. The van der Waals surface area contributed by atoms with Crippen LogP contribution in [0, 0.1) is 0 Å². The first-order valence-electron chi connectivity index (χ1n) is 6.88. The lowest BCUT2D eigenvalue weighted by Crippen LogP contribution is -2.26. The van der Waals surface area contributed by atoms with E-state index in [1.54, 1.807) is 6.92 Å². The average molecular weight is 314 g/mol. The van der Waals surface area contributed by atoms with Gasteiger partial charge in [-0.3, -0.25) is 0 Å². The first-order valence-corrected chi connectivity index (χ1v) is 8.68. The fourth-order valence-corrected chi connectivity index (χ4v) is 4.27. The van der Waals surface area contributed by atoms with Crippen LogP contribution in [0.15, 0.2) is 6.07 Å². The highest BCUT2D eigenvalue weighted by molar-refractivity contribution is 8.00. The molecule has 4 nitrogen and oxygen atoms in total. The van der Waals surface area contributed by atoms with Crippen LogP contribution >= 0.6 is 23.1 Å². The number of thiophene rings is 1. The molecule has 0 spiro atoms. The molecule has 2 heterocycles. The van der Waals surface area contributed by atoms with Crippen molar-refractivity contribution in [3.63, 3.8) is 0 Å². The molecular formula is C14H22N2O2S2. The average Bonchev–Trinajstić information content (AvgIpc) is 2.66. The van der Waals surface area contributed by atoms with Crippen LogP contribution in [0.1, 0.15) is 36.9 Å². The van der Waals surface area contributed by atoms with E-state index in [0.717, 1.165) is 30.3 Å². The topological polar surface area (TPSA) is 55.6 Å². The number of nitrogens with zero attached hydrogens (tertiary/aromatic N) is 1. The number of anilines is 2. The quantitative estimate of drug-likeness (QED) is 0.868. The molecule has 0 unspecified atom stereocenters. The SMILES string of the molecule is CCOC(=O)c1sc(N2CCSC(C)(C)CC2)cc1N. The molecule has 112 valence electrons. The van der Waals surface area contributed by atoms with E-state index in [0.29, 0.717) is 21.9 Å². The number of ether oxygens (including phenoxy) is 1. The summed E-state index contributed by atoms with van der Waals surface area (Å²) in [5.74, 6) is 0.783. The Bertz CT molecular complexity index is 486. The fourth-order valence-electron chi connectivity index (χ4n) is 2.14. The molecule has 0 aromatic carbocycles. The summed E-state index contributed by atoms with van der Waals surface area (Å²) in [6, 6.07) is 1.90. The maximum Gasteiger partial charge on any atom is 0.350 e. The third kappa shape index (κ3) is 3.61. The number of nitrogens with two attached hydrogens (primary N) is 1. The summed E-state index contributed by atoms with van der Waals surface area (Å²) in [4.78, 5) is 14.7. The van der Waals surface area contributed by atoms with Gasteiger partial charge < -0.3 is 15.4 Å². The molecule has 1 aliphatic heterocycles. The minimum atomic E-state index is -0.314. The Labute approximate surface area is 128 Å². The van der Waals surface area contributed by atoms with Gasteiger partial charge in [-0.2, -0.15) is 11.8 Å². The standard InChI is InChI=1S/C14H22N2O2S2/c1-4-18-13(17)12-10(15)9-11(20-12)16-6-5-14(2,3)19-8-7-16/h9H,4-8,15H2,1-3H3. The third-order valence-electron chi connectivity index (χ3n) is 3.36. The summed E-state index contributed by atoms with van der Waals surface area (Å²) in [7, 11) is 0. The number of nitrogen functional groups attached to an aromatic ring is 1. The molecule has 0 atom stereocenters. The molecule has 1 aromatic rings. The molecular weight excluding hydrogens is 292 g/mol. The number of esters is 1. The van der Waals surface area contributed by atoms with Crippen LogP contribution in [-0.2, 0) is 4.74 Å². The number of hydrogen-bond donors (Lipinski definition) is 1. The molecule has 0 saturated carbocycles. The van der Waals surface area contributed by atoms with E-state index in [-0.39, 0.29) is 5.97 Å². The monoisotopic (exact) mass is 314 g/mol. The van der Waals surface area contributed by atoms with Gasteiger partial charge in [0.2, 0.25) is 0 Å². The van der Waals surface area contributed by atoms with Crippen LogP contribution in [0.4, 0.5) is 10.7 Å². The van der Waals surface area contributed by atoms with Crippen molar-refractivity contribution >= 4 is 39.8 Å². The summed E-state index contributed by atoms with van der Waals surface area (Å²) in [6.07, 6.45) is 1.13. The number of thioether (sulfide) groups is 1. The minimum absolute atomic E-state index is 0.314. The van der Waals surface area contributed by atoms with Crippen LogP contribution in [0.2, 0.25) is 0 Å². The number of hydrogen-bond acceptors (Lipinski definition) is 6. The maximum absolute atomic E-state index is 11.8. The Kier molecular flexibility index (Phi) is 4.86. The predicted octanol–water partition coefficient (Wildman–Crippen LogP) is 3.23. The van der Waals surface area contributed by atoms with Gasteiger partial charge in [-0.1, -0.05) is 13.8 Å². The number of carbonyl (C=O) groups excluding carboxylic acids is 1. The highest BCUT2D eigenvalue weighted by atomic mass is 32.2. The zero-order chi connectivity index (χ0) is 14.8. The number of carbonyl (C=O) groups is 1. The van der Waals surface area contributed by atoms with Crippen molar-refractivity contribution in [1.29, 1.82) is 0 Å². The third-order valence-corrected chi connectivity index (χ3v) is 5.92. The van der Waals surface area contributed by atoms with Crippen LogP contribution < -0.4 is 10.6 Å². The highest BCUT2D eigenvalue weighted by Crippen LogP contribution is 2.37. The zero-order valence-electron chi connectivity index (χ0n) is 12.3. The van der Waals surface area contributed by atoms with Gasteiger partial charge in [0, 0.05) is 23.6 Å². The Morgan fingerprint density at radius 3 is 2.95 bits per heavy atom. The molecule has 0 bridgehead atoms. The molecule has 2 rings (SSSR count). The molecule has 1 saturated heterocycles. The van der Waals surface area contributed by atoms with E-state index < -0.39 is 0 Å². The lowest BCUT2D eigenvalue weighted by Gasteiger charge is -2.22. The Balaban J connectivity index is 2.13. The molecule has 0 amide bonds. The van der Waals surface area contributed by atoms with Gasteiger partial charge in [-0.15, -0.1) is 11.3 Å². The van der Waals surface area contributed by atoms with Gasteiger partial charge in [0.25, 0.3) is 0 Å². The van der Waals surface area contributed by atoms with Gasteiger partial charge in [0.05, 0.1) is 17.3 Å². The summed E-state index contributed by atoms with van der Waals surface area (Å²) < 4.78 is 5.36. The van der Waals surface area contributed by atoms with Crippen molar-refractivity contribution in [3.05, 3.63) is 10.9 Å².